The van der Waals surface area contributed by atoms with Gasteiger partial charge in [0.15, 0.2) is 0 Å². The molecule has 0 radical (unpaired) electrons. The molecule has 0 amide bonds. The third-order valence-corrected chi connectivity index (χ3v) is 6.01. The van der Waals surface area contributed by atoms with Crippen LogP contribution in [0.25, 0.3) is 0 Å². The fourth-order valence-electron chi connectivity index (χ4n) is 4.02. The van der Waals surface area contributed by atoms with E-state index in [1.807, 2.05) is 0 Å². The summed E-state index contributed by atoms with van der Waals surface area (Å²) in [5, 5.41) is 0. The molecule has 0 saturated heterocycles. The highest BCUT2D eigenvalue weighted by atomic mass is 16.1. The number of rotatable bonds is 24. The Morgan fingerprint density at radius 1 is 0.379 bits per heavy atom. The predicted molar refractivity (Wildman–Crippen MR) is 128 cm³/mol. The summed E-state index contributed by atoms with van der Waals surface area (Å²) in [4.78, 5) is 23.9. The second-order valence-corrected chi connectivity index (χ2v) is 9.12. The first-order chi connectivity index (χ1) is 14.2. The zero-order chi connectivity index (χ0) is 21.4. The van der Waals surface area contributed by atoms with Gasteiger partial charge in [-0.1, -0.05) is 129 Å². The number of carbonyl (C=O) groups is 2. The number of hydrogen-bond acceptors (Lipinski definition) is 2. The highest BCUT2D eigenvalue weighted by molar-refractivity contribution is 5.98. The van der Waals surface area contributed by atoms with Crippen LogP contribution in [0.4, 0.5) is 0 Å². The van der Waals surface area contributed by atoms with E-state index < -0.39 is 0 Å². The van der Waals surface area contributed by atoms with Crippen molar-refractivity contribution in [2.45, 2.75) is 162 Å². The van der Waals surface area contributed by atoms with Gasteiger partial charge in [0.05, 0.1) is 6.42 Å². The highest BCUT2D eigenvalue weighted by Crippen LogP contribution is 2.13. The first kappa shape index (κ1) is 28.3. The zero-order valence-corrected chi connectivity index (χ0v) is 20.1. The second-order valence-electron chi connectivity index (χ2n) is 9.12. The monoisotopic (exact) mass is 408 g/mol. The molecule has 0 aromatic carbocycles. The van der Waals surface area contributed by atoms with E-state index >= 15 is 0 Å². The third kappa shape index (κ3) is 23.5. The van der Waals surface area contributed by atoms with Gasteiger partial charge in [0.2, 0.25) is 0 Å². The van der Waals surface area contributed by atoms with Gasteiger partial charge >= 0.3 is 0 Å². The fraction of sp³-hybridized carbons (Fsp3) is 0.926. The van der Waals surface area contributed by atoms with Gasteiger partial charge in [-0.2, -0.15) is 0 Å². The Bertz CT molecular complexity index is 328. The summed E-state index contributed by atoms with van der Waals surface area (Å²) < 4.78 is 0. The third-order valence-electron chi connectivity index (χ3n) is 6.01. The van der Waals surface area contributed by atoms with Crippen molar-refractivity contribution in [3.8, 4) is 0 Å². The fourth-order valence-corrected chi connectivity index (χ4v) is 4.02. The van der Waals surface area contributed by atoms with Crippen LogP contribution in [0.15, 0.2) is 0 Å². The van der Waals surface area contributed by atoms with Crippen molar-refractivity contribution in [2.75, 3.05) is 0 Å². The van der Waals surface area contributed by atoms with Crippen LogP contribution in [0.5, 0.6) is 0 Å². The van der Waals surface area contributed by atoms with E-state index in [1.54, 1.807) is 0 Å². The van der Waals surface area contributed by atoms with Crippen molar-refractivity contribution in [1.29, 1.82) is 0 Å². The lowest BCUT2D eigenvalue weighted by atomic mass is 10.0. The van der Waals surface area contributed by atoms with Gasteiger partial charge in [-0.15, -0.1) is 0 Å². The first-order valence-corrected chi connectivity index (χ1v) is 13.2. The van der Waals surface area contributed by atoms with Crippen molar-refractivity contribution in [3.63, 3.8) is 0 Å². The average Bonchev–Trinajstić information content (AvgIpc) is 2.70. The Kier molecular flexibility index (Phi) is 23.1. The maximum Gasteiger partial charge on any atom is 0.140 e. The Labute approximate surface area is 183 Å². The van der Waals surface area contributed by atoms with E-state index in [0.717, 1.165) is 25.7 Å². The summed E-state index contributed by atoms with van der Waals surface area (Å²) in [5.41, 5.74) is 0. The molecule has 0 aliphatic heterocycles. The quantitative estimate of drug-likeness (QED) is 0.118. The molecule has 0 aromatic rings. The van der Waals surface area contributed by atoms with Crippen molar-refractivity contribution in [3.05, 3.63) is 0 Å². The van der Waals surface area contributed by atoms with Crippen LogP contribution in [0.1, 0.15) is 162 Å². The van der Waals surface area contributed by atoms with Gasteiger partial charge in [0.1, 0.15) is 11.6 Å². The topological polar surface area (TPSA) is 34.1 Å². The molecule has 0 fully saturated rings. The molecule has 0 aliphatic rings. The first-order valence-electron chi connectivity index (χ1n) is 13.2. The van der Waals surface area contributed by atoms with E-state index in [-0.39, 0.29) is 18.0 Å². The van der Waals surface area contributed by atoms with Crippen molar-refractivity contribution in [2.24, 2.45) is 0 Å². The standard InChI is InChI=1S/C27H52O2/c1-3-5-7-9-11-13-15-17-19-21-23-26(28)25-27(29)24-22-20-18-16-14-12-10-8-6-4-2/h3-25H2,1-2H3. The molecule has 0 aliphatic carbocycles. The molecule has 0 N–H and O–H groups in total. The van der Waals surface area contributed by atoms with Crippen molar-refractivity contribution < 1.29 is 9.59 Å². The average molecular weight is 409 g/mol. The van der Waals surface area contributed by atoms with Crippen molar-refractivity contribution in [1.82, 2.24) is 0 Å². The van der Waals surface area contributed by atoms with Gasteiger partial charge in [-0.3, -0.25) is 9.59 Å². The molecule has 2 nitrogen and oxygen atoms in total. The largest absolute Gasteiger partial charge is 0.299 e. The number of unbranched alkanes of at least 4 members (excludes halogenated alkanes) is 18. The number of carbonyl (C=O) groups excluding carboxylic acids is 2. The molecule has 2 heteroatoms. The molecule has 172 valence electrons. The predicted octanol–water partition coefficient (Wildman–Crippen LogP) is 9.14. The van der Waals surface area contributed by atoms with Crippen LogP contribution in [-0.4, -0.2) is 11.6 Å². The molecule has 0 spiro atoms. The van der Waals surface area contributed by atoms with E-state index in [4.69, 9.17) is 0 Å². The summed E-state index contributed by atoms with van der Waals surface area (Å²) in [5.74, 6) is 0.336. The van der Waals surface area contributed by atoms with Crippen LogP contribution in [0.2, 0.25) is 0 Å². The van der Waals surface area contributed by atoms with Gasteiger partial charge < -0.3 is 0 Å². The van der Waals surface area contributed by atoms with Gasteiger partial charge in [0.25, 0.3) is 0 Å². The van der Waals surface area contributed by atoms with Crippen LogP contribution >= 0.6 is 0 Å². The van der Waals surface area contributed by atoms with Crippen LogP contribution in [0.3, 0.4) is 0 Å². The van der Waals surface area contributed by atoms with Crippen LogP contribution < -0.4 is 0 Å². The molecule has 0 rings (SSSR count). The van der Waals surface area contributed by atoms with Crippen LogP contribution in [-0.2, 0) is 9.59 Å². The Hall–Kier alpha value is -0.660. The molecule has 0 saturated carbocycles. The molecule has 0 unspecified atom stereocenters. The molecule has 0 heterocycles. The SMILES string of the molecule is CCCCCCCCCCCCC(=O)CC(=O)CCCCCCCCCCCC. The normalized spacial score (nSPS) is 11.1. The summed E-state index contributed by atoms with van der Waals surface area (Å²) in [6, 6.07) is 0. The number of Topliss-reactive ketones (excluding diaryl/α,β-unsaturated/α-hetero) is 2. The lowest BCUT2D eigenvalue weighted by Gasteiger charge is -2.04. The molecule has 0 atom stereocenters. The summed E-state index contributed by atoms with van der Waals surface area (Å²) in [7, 11) is 0. The molecular weight excluding hydrogens is 356 g/mol. The summed E-state index contributed by atoms with van der Waals surface area (Å²) in [6.45, 7) is 4.51. The molecular formula is C27H52O2. The minimum Gasteiger partial charge on any atom is -0.299 e. The van der Waals surface area contributed by atoms with Crippen molar-refractivity contribution >= 4 is 11.6 Å². The number of hydrogen-bond donors (Lipinski definition) is 0. The lowest BCUT2D eigenvalue weighted by molar-refractivity contribution is -0.127. The summed E-state index contributed by atoms with van der Waals surface area (Å²) >= 11 is 0. The van der Waals surface area contributed by atoms with Gasteiger partial charge in [-0.05, 0) is 12.8 Å². The molecule has 29 heavy (non-hydrogen) atoms. The minimum absolute atomic E-state index is 0.168. The van der Waals surface area contributed by atoms with E-state index in [2.05, 4.69) is 13.8 Å². The minimum atomic E-state index is 0.168. The van der Waals surface area contributed by atoms with Gasteiger partial charge in [0, 0.05) is 12.8 Å². The van der Waals surface area contributed by atoms with E-state index in [0.29, 0.717) is 12.8 Å². The lowest BCUT2D eigenvalue weighted by Crippen LogP contribution is -2.07. The smallest absolute Gasteiger partial charge is 0.140 e. The highest BCUT2D eigenvalue weighted by Gasteiger charge is 2.09. The maximum atomic E-state index is 12.0. The second kappa shape index (κ2) is 23.6. The Morgan fingerprint density at radius 2 is 0.621 bits per heavy atom. The Balaban J connectivity index is 3.32. The summed E-state index contributed by atoms with van der Waals surface area (Å²) in [6.07, 6.45) is 27.1. The van der Waals surface area contributed by atoms with Gasteiger partial charge in [-0.25, -0.2) is 0 Å². The Morgan fingerprint density at radius 3 is 0.897 bits per heavy atom. The number of ketones is 2. The van der Waals surface area contributed by atoms with Crippen LogP contribution in [0, 0.1) is 0 Å². The maximum absolute atomic E-state index is 12.0. The van der Waals surface area contributed by atoms with E-state index in [9.17, 15) is 9.59 Å². The molecule has 0 bridgehead atoms. The molecule has 0 aromatic heterocycles. The van der Waals surface area contributed by atoms with E-state index in [1.165, 1.54) is 103 Å². The zero-order valence-electron chi connectivity index (χ0n) is 20.1.